The van der Waals surface area contributed by atoms with Crippen LogP contribution in [0.4, 0.5) is 0 Å². The number of thioether (sulfide) groups is 1. The lowest BCUT2D eigenvalue weighted by Crippen LogP contribution is -2.41. The summed E-state index contributed by atoms with van der Waals surface area (Å²) in [4.78, 5) is 22.3. The summed E-state index contributed by atoms with van der Waals surface area (Å²) < 4.78 is 4.59. The highest BCUT2D eigenvalue weighted by atomic mass is 32.2. The third-order valence-electron chi connectivity index (χ3n) is 1.75. The Morgan fingerprint density at radius 1 is 1.50 bits per heavy atom. The number of nitrogens with one attached hydrogen (secondary N) is 1. The summed E-state index contributed by atoms with van der Waals surface area (Å²) in [5, 5.41) is 2.63. The molecule has 1 atom stereocenters. The number of rotatable bonds is 6. The minimum atomic E-state index is -0.500. The molecule has 0 aromatic carbocycles. The van der Waals surface area contributed by atoms with Crippen LogP contribution in [0.2, 0.25) is 0 Å². The van der Waals surface area contributed by atoms with Gasteiger partial charge in [-0.3, -0.25) is 4.79 Å². The van der Waals surface area contributed by atoms with E-state index < -0.39 is 6.04 Å². The van der Waals surface area contributed by atoms with Crippen LogP contribution in [-0.2, 0) is 14.3 Å². The maximum atomic E-state index is 11.2. The standard InChI is InChI=1S/C9H17NO3S/c1-4-8(11)10-7(5-6-14-3)9(12)13-2/h7H,4-6H2,1-3H3,(H,10,11)/t7-/m0/s1. The second-order valence-electron chi connectivity index (χ2n) is 2.78. The zero-order valence-electron chi connectivity index (χ0n) is 8.83. The Hall–Kier alpha value is -0.710. The Bertz CT molecular complexity index is 196. The molecule has 0 radical (unpaired) electrons. The second-order valence-corrected chi connectivity index (χ2v) is 3.76. The van der Waals surface area contributed by atoms with Crippen LogP contribution in [0.5, 0.6) is 0 Å². The van der Waals surface area contributed by atoms with Crippen LogP contribution in [0.1, 0.15) is 19.8 Å². The SMILES string of the molecule is CCC(=O)N[C@@H](CCSC)C(=O)OC. The zero-order chi connectivity index (χ0) is 11.0. The molecule has 0 heterocycles. The molecule has 14 heavy (non-hydrogen) atoms. The van der Waals surface area contributed by atoms with E-state index >= 15 is 0 Å². The molecule has 0 aliphatic rings. The predicted octanol–water partition coefficient (Wildman–Crippen LogP) is 0.807. The Morgan fingerprint density at radius 2 is 2.14 bits per heavy atom. The molecule has 0 aliphatic heterocycles. The van der Waals surface area contributed by atoms with E-state index in [1.807, 2.05) is 6.26 Å². The molecule has 0 spiro atoms. The molecule has 0 aliphatic carbocycles. The molecule has 0 rings (SSSR count). The van der Waals surface area contributed by atoms with E-state index in [0.717, 1.165) is 5.75 Å². The fourth-order valence-corrected chi connectivity index (χ4v) is 1.39. The van der Waals surface area contributed by atoms with Gasteiger partial charge in [0.2, 0.25) is 5.91 Å². The van der Waals surface area contributed by atoms with Crippen LogP contribution < -0.4 is 5.32 Å². The molecule has 5 heteroatoms. The van der Waals surface area contributed by atoms with E-state index in [1.54, 1.807) is 18.7 Å². The molecule has 0 bridgehead atoms. The summed E-state index contributed by atoms with van der Waals surface area (Å²) in [5.41, 5.74) is 0. The smallest absolute Gasteiger partial charge is 0.328 e. The first-order valence-corrected chi connectivity index (χ1v) is 5.91. The molecule has 1 N–H and O–H groups in total. The molecule has 0 saturated heterocycles. The lowest BCUT2D eigenvalue weighted by atomic mass is 10.2. The van der Waals surface area contributed by atoms with Crippen LogP contribution in [0.15, 0.2) is 0 Å². The Morgan fingerprint density at radius 3 is 2.57 bits per heavy atom. The monoisotopic (exact) mass is 219 g/mol. The maximum absolute atomic E-state index is 11.2. The minimum absolute atomic E-state index is 0.124. The van der Waals surface area contributed by atoms with Crippen molar-refractivity contribution in [3.05, 3.63) is 0 Å². The number of amides is 1. The summed E-state index contributed by atoms with van der Waals surface area (Å²) in [5.74, 6) is 0.325. The van der Waals surface area contributed by atoms with Gasteiger partial charge in [0.05, 0.1) is 7.11 Å². The fourth-order valence-electron chi connectivity index (χ4n) is 0.923. The summed E-state index contributed by atoms with van der Waals surface area (Å²) in [7, 11) is 1.33. The van der Waals surface area contributed by atoms with Crippen molar-refractivity contribution < 1.29 is 14.3 Å². The molecule has 4 nitrogen and oxygen atoms in total. The van der Waals surface area contributed by atoms with Gasteiger partial charge in [0.1, 0.15) is 6.04 Å². The van der Waals surface area contributed by atoms with Crippen molar-refractivity contribution in [1.29, 1.82) is 0 Å². The van der Waals surface area contributed by atoms with Crippen molar-refractivity contribution in [2.45, 2.75) is 25.8 Å². The normalized spacial score (nSPS) is 11.9. The lowest BCUT2D eigenvalue weighted by molar-refractivity contribution is -0.145. The minimum Gasteiger partial charge on any atom is -0.467 e. The number of ether oxygens (including phenoxy) is 1. The van der Waals surface area contributed by atoms with Crippen LogP contribution in [-0.4, -0.2) is 37.0 Å². The predicted molar refractivity (Wildman–Crippen MR) is 57.2 cm³/mol. The summed E-state index contributed by atoms with van der Waals surface area (Å²) in [6.07, 6.45) is 2.95. The first kappa shape index (κ1) is 13.3. The molecule has 0 aromatic heterocycles. The van der Waals surface area contributed by atoms with E-state index in [4.69, 9.17) is 0 Å². The van der Waals surface area contributed by atoms with Crippen LogP contribution >= 0.6 is 11.8 Å². The van der Waals surface area contributed by atoms with Crippen molar-refractivity contribution in [2.75, 3.05) is 19.1 Å². The summed E-state index contributed by atoms with van der Waals surface area (Å²) >= 11 is 1.63. The van der Waals surface area contributed by atoms with Crippen molar-refractivity contribution >= 4 is 23.6 Å². The van der Waals surface area contributed by atoms with Crippen LogP contribution in [0, 0.1) is 0 Å². The van der Waals surface area contributed by atoms with Crippen LogP contribution in [0.3, 0.4) is 0 Å². The van der Waals surface area contributed by atoms with E-state index in [-0.39, 0.29) is 11.9 Å². The number of carbonyl (C=O) groups is 2. The quantitative estimate of drug-likeness (QED) is 0.672. The highest BCUT2D eigenvalue weighted by Gasteiger charge is 2.19. The van der Waals surface area contributed by atoms with Gasteiger partial charge in [-0.05, 0) is 18.4 Å². The van der Waals surface area contributed by atoms with Gasteiger partial charge >= 0.3 is 5.97 Å². The van der Waals surface area contributed by atoms with Gasteiger partial charge in [0.25, 0.3) is 0 Å². The second kappa shape index (κ2) is 7.67. The number of methoxy groups -OCH3 is 1. The van der Waals surface area contributed by atoms with Crippen molar-refractivity contribution in [3.63, 3.8) is 0 Å². The highest BCUT2D eigenvalue weighted by molar-refractivity contribution is 7.98. The number of hydrogen-bond acceptors (Lipinski definition) is 4. The Balaban J connectivity index is 4.09. The van der Waals surface area contributed by atoms with E-state index in [0.29, 0.717) is 12.8 Å². The summed E-state index contributed by atoms with van der Waals surface area (Å²) in [6.45, 7) is 1.75. The van der Waals surface area contributed by atoms with Gasteiger partial charge in [0.15, 0.2) is 0 Å². The molecule has 0 aromatic rings. The maximum Gasteiger partial charge on any atom is 0.328 e. The Labute approximate surface area is 88.8 Å². The largest absolute Gasteiger partial charge is 0.467 e. The van der Waals surface area contributed by atoms with Gasteiger partial charge in [-0.2, -0.15) is 11.8 Å². The molecule has 0 saturated carbocycles. The number of esters is 1. The Kier molecular flexibility index (Phi) is 7.28. The van der Waals surface area contributed by atoms with Gasteiger partial charge in [0, 0.05) is 6.42 Å². The topological polar surface area (TPSA) is 55.4 Å². The van der Waals surface area contributed by atoms with Crippen molar-refractivity contribution in [2.24, 2.45) is 0 Å². The molecule has 0 unspecified atom stereocenters. The fraction of sp³-hybridized carbons (Fsp3) is 0.778. The van der Waals surface area contributed by atoms with Gasteiger partial charge in [-0.25, -0.2) is 4.79 Å². The van der Waals surface area contributed by atoms with Crippen molar-refractivity contribution in [1.82, 2.24) is 5.32 Å². The third kappa shape index (κ3) is 5.11. The van der Waals surface area contributed by atoms with Crippen LogP contribution in [0.25, 0.3) is 0 Å². The lowest BCUT2D eigenvalue weighted by Gasteiger charge is -2.15. The highest BCUT2D eigenvalue weighted by Crippen LogP contribution is 2.02. The van der Waals surface area contributed by atoms with Gasteiger partial charge in [-0.1, -0.05) is 6.92 Å². The van der Waals surface area contributed by atoms with Gasteiger partial charge in [-0.15, -0.1) is 0 Å². The van der Waals surface area contributed by atoms with E-state index in [2.05, 4.69) is 10.1 Å². The number of carbonyl (C=O) groups excluding carboxylic acids is 2. The van der Waals surface area contributed by atoms with Gasteiger partial charge < -0.3 is 10.1 Å². The summed E-state index contributed by atoms with van der Waals surface area (Å²) in [6, 6.07) is -0.500. The molecular formula is C9H17NO3S. The average molecular weight is 219 g/mol. The van der Waals surface area contributed by atoms with Crippen molar-refractivity contribution in [3.8, 4) is 0 Å². The molecular weight excluding hydrogens is 202 g/mol. The van der Waals surface area contributed by atoms with E-state index in [1.165, 1.54) is 7.11 Å². The molecule has 82 valence electrons. The first-order valence-electron chi connectivity index (χ1n) is 4.51. The molecule has 0 fully saturated rings. The average Bonchev–Trinajstić information content (AvgIpc) is 2.22. The molecule has 1 amide bonds. The van der Waals surface area contributed by atoms with E-state index in [9.17, 15) is 9.59 Å². The third-order valence-corrected chi connectivity index (χ3v) is 2.40. The number of hydrogen-bond donors (Lipinski definition) is 1. The zero-order valence-corrected chi connectivity index (χ0v) is 9.65. The first-order chi connectivity index (χ1) is 6.65.